The van der Waals surface area contributed by atoms with Crippen molar-refractivity contribution in [3.05, 3.63) is 33.9 Å². The second kappa shape index (κ2) is 8.21. The number of amides is 1. The van der Waals surface area contributed by atoms with E-state index < -0.39 is 11.0 Å². The normalized spacial score (nSPS) is 11.8. The highest BCUT2D eigenvalue weighted by atomic mass is 16.6. The van der Waals surface area contributed by atoms with Crippen LogP contribution in [-0.4, -0.2) is 29.1 Å². The van der Waals surface area contributed by atoms with Crippen molar-refractivity contribution >= 4 is 11.6 Å². The number of hydrogen-bond donors (Lipinski definition) is 2. The predicted molar refractivity (Wildman–Crippen MR) is 77.1 cm³/mol. The molecule has 21 heavy (non-hydrogen) atoms. The summed E-state index contributed by atoms with van der Waals surface area (Å²) in [5, 5.41) is 23.1. The monoisotopic (exact) mass is 296 g/mol. The predicted octanol–water partition coefficient (Wildman–Crippen LogP) is 1.94. The van der Waals surface area contributed by atoms with Crippen molar-refractivity contribution in [2.45, 2.75) is 32.8 Å². The van der Waals surface area contributed by atoms with Crippen LogP contribution in [0.1, 0.15) is 38.4 Å². The Morgan fingerprint density at radius 3 is 2.81 bits per heavy atom. The van der Waals surface area contributed by atoms with Crippen LogP contribution < -0.4 is 10.1 Å². The Morgan fingerprint density at radius 2 is 2.24 bits per heavy atom. The molecule has 7 heteroatoms. The van der Waals surface area contributed by atoms with Crippen molar-refractivity contribution < 1.29 is 19.6 Å². The van der Waals surface area contributed by atoms with Crippen molar-refractivity contribution in [1.82, 2.24) is 5.32 Å². The van der Waals surface area contributed by atoms with Crippen molar-refractivity contribution in [3.8, 4) is 5.75 Å². The first kappa shape index (κ1) is 16.9. The van der Waals surface area contributed by atoms with Gasteiger partial charge in [-0.05, 0) is 19.4 Å². The van der Waals surface area contributed by atoms with Gasteiger partial charge in [-0.1, -0.05) is 13.3 Å². The number of ether oxygens (including phenoxy) is 1. The number of nitrogens with zero attached hydrogens (tertiary/aromatic N) is 1. The van der Waals surface area contributed by atoms with E-state index in [0.717, 1.165) is 12.8 Å². The van der Waals surface area contributed by atoms with Gasteiger partial charge in [-0.3, -0.25) is 14.9 Å². The van der Waals surface area contributed by atoms with Crippen LogP contribution in [0.15, 0.2) is 18.2 Å². The van der Waals surface area contributed by atoms with Gasteiger partial charge in [0.2, 0.25) is 0 Å². The standard InChI is InChI=1S/C14H20N2O5/c1-3-4-7-15-14(18)9-21-13-6-5-11(16(19)20)8-12(13)10(2)17/h5-6,8,10,17H,3-4,7,9H2,1-2H3,(H,15,18)/t10-/m0/s1. The van der Waals surface area contributed by atoms with Gasteiger partial charge in [-0.2, -0.15) is 0 Å². The van der Waals surface area contributed by atoms with Crippen LogP contribution in [0, 0.1) is 10.1 Å². The molecule has 1 aromatic rings. The number of non-ortho nitro benzene ring substituents is 1. The molecule has 0 aliphatic carbocycles. The van der Waals surface area contributed by atoms with Gasteiger partial charge in [0, 0.05) is 24.2 Å². The number of unbranched alkanes of at least 4 members (excludes halogenated alkanes) is 1. The number of nitro groups is 1. The van der Waals surface area contributed by atoms with E-state index in [2.05, 4.69) is 5.32 Å². The Bertz CT molecular complexity index is 502. The minimum atomic E-state index is -0.928. The number of nitrogens with one attached hydrogen (secondary N) is 1. The van der Waals surface area contributed by atoms with Gasteiger partial charge < -0.3 is 15.2 Å². The molecule has 1 amide bonds. The molecule has 1 rings (SSSR count). The second-order valence-corrected chi connectivity index (χ2v) is 4.65. The van der Waals surface area contributed by atoms with Gasteiger partial charge in [-0.15, -0.1) is 0 Å². The lowest BCUT2D eigenvalue weighted by molar-refractivity contribution is -0.385. The van der Waals surface area contributed by atoms with E-state index in [1.807, 2.05) is 6.92 Å². The number of aliphatic hydroxyl groups excluding tert-OH is 1. The average Bonchev–Trinajstić information content (AvgIpc) is 2.45. The molecule has 2 N–H and O–H groups in total. The maximum absolute atomic E-state index is 11.5. The third kappa shape index (κ3) is 5.39. The maximum Gasteiger partial charge on any atom is 0.270 e. The summed E-state index contributed by atoms with van der Waals surface area (Å²) in [6, 6.07) is 3.91. The first-order valence-corrected chi connectivity index (χ1v) is 6.81. The SMILES string of the molecule is CCCCNC(=O)COc1ccc([N+](=O)[O-])cc1[C@H](C)O. The van der Waals surface area contributed by atoms with Crippen molar-refractivity contribution in [3.63, 3.8) is 0 Å². The van der Waals surface area contributed by atoms with E-state index >= 15 is 0 Å². The number of carbonyl (C=O) groups is 1. The lowest BCUT2D eigenvalue weighted by atomic mass is 10.1. The molecule has 0 saturated carbocycles. The topological polar surface area (TPSA) is 102 Å². The lowest BCUT2D eigenvalue weighted by Crippen LogP contribution is -2.29. The molecule has 0 fully saturated rings. The van der Waals surface area contributed by atoms with Crippen LogP contribution in [0.2, 0.25) is 0 Å². The molecule has 7 nitrogen and oxygen atoms in total. The Hall–Kier alpha value is -2.15. The summed E-state index contributed by atoms with van der Waals surface area (Å²) in [4.78, 5) is 21.7. The molecule has 1 aromatic carbocycles. The Balaban J connectivity index is 2.70. The highest BCUT2D eigenvalue weighted by Gasteiger charge is 2.16. The van der Waals surface area contributed by atoms with Gasteiger partial charge >= 0.3 is 0 Å². The summed E-state index contributed by atoms with van der Waals surface area (Å²) < 4.78 is 5.33. The fourth-order valence-electron chi connectivity index (χ4n) is 1.71. The van der Waals surface area contributed by atoms with Crippen molar-refractivity contribution in [1.29, 1.82) is 0 Å². The molecule has 116 valence electrons. The molecule has 0 bridgehead atoms. The highest BCUT2D eigenvalue weighted by Crippen LogP contribution is 2.29. The molecule has 0 aliphatic rings. The summed E-state index contributed by atoms with van der Waals surface area (Å²) in [6.45, 7) is 3.89. The summed E-state index contributed by atoms with van der Waals surface area (Å²) >= 11 is 0. The Morgan fingerprint density at radius 1 is 1.52 bits per heavy atom. The first-order valence-electron chi connectivity index (χ1n) is 6.81. The van der Waals surface area contributed by atoms with Gasteiger partial charge in [-0.25, -0.2) is 0 Å². The summed E-state index contributed by atoms with van der Waals surface area (Å²) in [7, 11) is 0. The molecule has 1 atom stereocenters. The molecule has 0 aliphatic heterocycles. The second-order valence-electron chi connectivity index (χ2n) is 4.65. The average molecular weight is 296 g/mol. The zero-order chi connectivity index (χ0) is 15.8. The molecular weight excluding hydrogens is 276 g/mol. The van der Waals surface area contributed by atoms with Crippen LogP contribution in [0.4, 0.5) is 5.69 Å². The van der Waals surface area contributed by atoms with Crippen LogP contribution in [0.3, 0.4) is 0 Å². The fraction of sp³-hybridized carbons (Fsp3) is 0.500. The van der Waals surface area contributed by atoms with E-state index in [1.165, 1.54) is 25.1 Å². The number of carbonyl (C=O) groups excluding carboxylic acids is 1. The van der Waals surface area contributed by atoms with Gasteiger partial charge in [0.1, 0.15) is 5.75 Å². The number of nitro benzene ring substituents is 1. The lowest BCUT2D eigenvalue weighted by Gasteiger charge is -2.13. The quantitative estimate of drug-likeness (QED) is 0.433. The largest absolute Gasteiger partial charge is 0.483 e. The smallest absolute Gasteiger partial charge is 0.270 e. The van der Waals surface area contributed by atoms with Crippen molar-refractivity contribution in [2.75, 3.05) is 13.2 Å². The van der Waals surface area contributed by atoms with Crippen LogP contribution in [-0.2, 0) is 4.79 Å². The van der Waals surface area contributed by atoms with Gasteiger partial charge in [0.15, 0.2) is 6.61 Å². The number of hydrogen-bond acceptors (Lipinski definition) is 5. The molecule has 0 radical (unpaired) electrons. The molecular formula is C14H20N2O5. The number of aliphatic hydroxyl groups is 1. The van der Waals surface area contributed by atoms with Crippen molar-refractivity contribution in [2.24, 2.45) is 0 Å². The number of benzene rings is 1. The van der Waals surface area contributed by atoms with E-state index in [4.69, 9.17) is 4.74 Å². The third-order valence-electron chi connectivity index (χ3n) is 2.87. The summed E-state index contributed by atoms with van der Waals surface area (Å²) in [5.74, 6) is -0.000382. The molecule has 0 heterocycles. The van der Waals surface area contributed by atoms with Crippen LogP contribution in [0.25, 0.3) is 0 Å². The fourth-order valence-corrected chi connectivity index (χ4v) is 1.71. The first-order chi connectivity index (χ1) is 9.95. The van der Waals surface area contributed by atoms with Crippen LogP contribution in [0.5, 0.6) is 5.75 Å². The van der Waals surface area contributed by atoms with E-state index in [9.17, 15) is 20.0 Å². The minimum absolute atomic E-state index is 0.134. The third-order valence-corrected chi connectivity index (χ3v) is 2.87. The van der Waals surface area contributed by atoms with Crippen LogP contribution >= 0.6 is 0 Å². The van der Waals surface area contributed by atoms with Gasteiger partial charge in [0.25, 0.3) is 11.6 Å². The molecule has 0 unspecified atom stereocenters. The Kier molecular flexibility index (Phi) is 6.61. The zero-order valence-corrected chi connectivity index (χ0v) is 12.2. The van der Waals surface area contributed by atoms with E-state index in [-0.39, 0.29) is 29.5 Å². The maximum atomic E-state index is 11.5. The summed E-state index contributed by atoms with van der Waals surface area (Å²) in [5.41, 5.74) is 0.149. The minimum Gasteiger partial charge on any atom is -0.483 e. The highest BCUT2D eigenvalue weighted by molar-refractivity contribution is 5.77. The molecule has 0 aromatic heterocycles. The van der Waals surface area contributed by atoms with E-state index in [0.29, 0.717) is 6.54 Å². The Labute approximate surface area is 123 Å². The summed E-state index contributed by atoms with van der Waals surface area (Å²) in [6.07, 6.45) is 0.945. The van der Waals surface area contributed by atoms with E-state index in [1.54, 1.807) is 0 Å². The number of rotatable bonds is 8. The zero-order valence-electron chi connectivity index (χ0n) is 12.2. The van der Waals surface area contributed by atoms with Gasteiger partial charge in [0.05, 0.1) is 11.0 Å². The molecule has 0 spiro atoms. The molecule has 0 saturated heterocycles.